The van der Waals surface area contributed by atoms with E-state index in [1.54, 1.807) is 43.5 Å². The van der Waals surface area contributed by atoms with E-state index in [4.69, 9.17) is 26.8 Å². The third-order valence-corrected chi connectivity index (χ3v) is 4.29. The first-order valence-corrected chi connectivity index (χ1v) is 9.18. The van der Waals surface area contributed by atoms with Gasteiger partial charge in [0.1, 0.15) is 6.61 Å². The normalized spacial score (nSPS) is 10.7. The molecule has 0 fully saturated rings. The van der Waals surface area contributed by atoms with E-state index < -0.39 is 0 Å². The van der Waals surface area contributed by atoms with Gasteiger partial charge in [-0.2, -0.15) is 5.10 Å². The molecule has 0 saturated heterocycles. The number of ether oxygens (including phenoxy) is 2. The van der Waals surface area contributed by atoms with Crippen molar-refractivity contribution >= 4 is 29.4 Å². The maximum atomic E-state index is 12.1. The lowest BCUT2D eigenvalue weighted by Crippen LogP contribution is -2.19. The number of hydrogen-bond donors (Lipinski definition) is 2. The van der Waals surface area contributed by atoms with Crippen LogP contribution in [-0.4, -0.2) is 19.2 Å². The molecular formula is C22H20ClN3O3. The van der Waals surface area contributed by atoms with Crippen molar-refractivity contribution in [3.05, 3.63) is 88.4 Å². The molecule has 0 saturated carbocycles. The minimum atomic E-state index is -0.382. The summed E-state index contributed by atoms with van der Waals surface area (Å²) in [5, 5.41) is 4.63. The lowest BCUT2D eigenvalue weighted by molar-refractivity contribution is 0.0956. The molecule has 7 heteroatoms. The zero-order valence-electron chi connectivity index (χ0n) is 15.8. The predicted molar refractivity (Wildman–Crippen MR) is 115 cm³/mol. The molecule has 0 unspecified atom stereocenters. The highest BCUT2D eigenvalue weighted by Gasteiger charge is 2.08. The Hall–Kier alpha value is -3.51. The summed E-state index contributed by atoms with van der Waals surface area (Å²) in [5.74, 6) is 0.758. The molecule has 0 spiro atoms. The number of amides is 1. The van der Waals surface area contributed by atoms with Crippen molar-refractivity contribution in [2.24, 2.45) is 5.10 Å². The lowest BCUT2D eigenvalue weighted by atomic mass is 10.2. The van der Waals surface area contributed by atoms with E-state index in [2.05, 4.69) is 10.5 Å². The van der Waals surface area contributed by atoms with Crippen molar-refractivity contribution in [1.82, 2.24) is 5.43 Å². The number of halogens is 1. The van der Waals surface area contributed by atoms with Crippen LogP contribution in [0.5, 0.6) is 11.5 Å². The second-order valence-electron chi connectivity index (χ2n) is 6.12. The molecule has 0 bridgehead atoms. The zero-order valence-corrected chi connectivity index (χ0v) is 16.5. The number of nitrogens with one attached hydrogen (secondary N) is 1. The minimum absolute atomic E-state index is 0.360. The van der Waals surface area contributed by atoms with Gasteiger partial charge in [-0.3, -0.25) is 4.79 Å². The van der Waals surface area contributed by atoms with Crippen molar-refractivity contribution in [3.8, 4) is 11.5 Å². The molecule has 0 aliphatic rings. The number of benzene rings is 3. The van der Waals surface area contributed by atoms with E-state index in [0.717, 1.165) is 11.1 Å². The van der Waals surface area contributed by atoms with Crippen LogP contribution in [0.15, 0.2) is 71.8 Å². The number of carbonyl (C=O) groups is 1. The van der Waals surface area contributed by atoms with Crippen LogP contribution in [0.2, 0.25) is 5.02 Å². The zero-order chi connectivity index (χ0) is 20.6. The number of para-hydroxylation sites is 1. The van der Waals surface area contributed by atoms with Crippen LogP contribution in [0, 0.1) is 0 Å². The maximum Gasteiger partial charge on any atom is 0.273 e. The molecule has 3 N–H and O–H groups in total. The number of nitrogen functional groups attached to an aromatic ring is 1. The molecule has 0 atom stereocenters. The molecule has 3 rings (SSSR count). The summed E-state index contributed by atoms with van der Waals surface area (Å²) in [6.45, 7) is 0.360. The first-order chi connectivity index (χ1) is 14.1. The van der Waals surface area contributed by atoms with Gasteiger partial charge in [-0.15, -0.1) is 0 Å². The van der Waals surface area contributed by atoms with E-state index in [-0.39, 0.29) is 5.91 Å². The molecule has 0 aliphatic carbocycles. The number of hydrogen-bond acceptors (Lipinski definition) is 5. The highest BCUT2D eigenvalue weighted by Crippen LogP contribution is 2.28. The van der Waals surface area contributed by atoms with Crippen LogP contribution >= 0.6 is 11.6 Å². The Bertz CT molecular complexity index is 1040. The van der Waals surface area contributed by atoms with Gasteiger partial charge in [-0.05, 0) is 53.6 Å². The fourth-order valence-electron chi connectivity index (χ4n) is 2.60. The Balaban J connectivity index is 1.64. The molecule has 0 aromatic heterocycles. The number of carbonyl (C=O) groups excluding carboxylic acids is 1. The Kier molecular flexibility index (Phi) is 6.71. The molecule has 0 heterocycles. The highest BCUT2D eigenvalue weighted by atomic mass is 35.5. The average molecular weight is 410 g/mol. The molecule has 3 aromatic carbocycles. The molecule has 148 valence electrons. The summed E-state index contributed by atoms with van der Waals surface area (Å²) in [4.78, 5) is 12.1. The standard InChI is InChI=1S/C22H20ClN3O3/c1-28-21-12-15(13-25-26-22(27)18-7-2-3-8-19(18)24)9-10-20(21)29-14-16-5-4-6-17(23)11-16/h2-13H,14,24H2,1H3,(H,26,27)/b25-13+. The van der Waals surface area contributed by atoms with Gasteiger partial charge < -0.3 is 15.2 Å². The number of methoxy groups -OCH3 is 1. The van der Waals surface area contributed by atoms with Crippen molar-refractivity contribution in [2.75, 3.05) is 12.8 Å². The lowest BCUT2D eigenvalue weighted by Gasteiger charge is -2.11. The van der Waals surface area contributed by atoms with Crippen LogP contribution in [0.25, 0.3) is 0 Å². The van der Waals surface area contributed by atoms with Gasteiger partial charge in [0.25, 0.3) is 5.91 Å². The summed E-state index contributed by atoms with van der Waals surface area (Å²) in [7, 11) is 1.56. The fourth-order valence-corrected chi connectivity index (χ4v) is 2.81. The van der Waals surface area contributed by atoms with Gasteiger partial charge in [-0.25, -0.2) is 5.43 Å². The maximum absolute atomic E-state index is 12.1. The molecular weight excluding hydrogens is 390 g/mol. The van der Waals surface area contributed by atoms with Crippen molar-refractivity contribution < 1.29 is 14.3 Å². The van der Waals surface area contributed by atoms with E-state index >= 15 is 0 Å². The van der Waals surface area contributed by atoms with Crippen molar-refractivity contribution in [2.45, 2.75) is 6.61 Å². The Morgan fingerprint density at radius 3 is 2.69 bits per heavy atom. The topological polar surface area (TPSA) is 85.9 Å². The molecule has 0 radical (unpaired) electrons. The summed E-state index contributed by atoms with van der Waals surface area (Å²) < 4.78 is 11.2. The van der Waals surface area contributed by atoms with Crippen LogP contribution < -0.4 is 20.6 Å². The van der Waals surface area contributed by atoms with E-state index in [0.29, 0.717) is 34.4 Å². The first-order valence-electron chi connectivity index (χ1n) is 8.80. The number of rotatable bonds is 7. The van der Waals surface area contributed by atoms with Crippen LogP contribution in [0.3, 0.4) is 0 Å². The molecule has 0 aliphatic heterocycles. The van der Waals surface area contributed by atoms with Gasteiger partial charge in [-0.1, -0.05) is 35.9 Å². The smallest absolute Gasteiger partial charge is 0.273 e. The minimum Gasteiger partial charge on any atom is -0.493 e. The summed E-state index contributed by atoms with van der Waals surface area (Å²) in [6, 6.07) is 19.6. The Morgan fingerprint density at radius 2 is 1.93 bits per heavy atom. The first kappa shape index (κ1) is 20.2. The van der Waals surface area contributed by atoms with E-state index in [1.165, 1.54) is 6.21 Å². The Morgan fingerprint density at radius 1 is 1.10 bits per heavy atom. The SMILES string of the molecule is COc1cc(/C=N/NC(=O)c2ccccc2N)ccc1OCc1cccc(Cl)c1. The van der Waals surface area contributed by atoms with Gasteiger partial charge in [0.15, 0.2) is 11.5 Å². The fraction of sp³-hybridized carbons (Fsp3) is 0.0909. The summed E-state index contributed by atoms with van der Waals surface area (Å²) >= 11 is 5.99. The molecule has 6 nitrogen and oxygen atoms in total. The third-order valence-electron chi connectivity index (χ3n) is 4.06. The summed E-state index contributed by atoms with van der Waals surface area (Å²) in [5.41, 5.74) is 10.7. The predicted octanol–water partition coefficient (Wildman–Crippen LogP) is 4.27. The number of nitrogens with zero attached hydrogens (tertiary/aromatic N) is 1. The van der Waals surface area contributed by atoms with E-state index in [1.807, 2.05) is 30.3 Å². The molecule has 3 aromatic rings. The van der Waals surface area contributed by atoms with Crippen LogP contribution in [0.4, 0.5) is 5.69 Å². The number of anilines is 1. The van der Waals surface area contributed by atoms with Gasteiger partial charge >= 0.3 is 0 Å². The molecule has 29 heavy (non-hydrogen) atoms. The van der Waals surface area contributed by atoms with Crippen molar-refractivity contribution in [3.63, 3.8) is 0 Å². The second-order valence-corrected chi connectivity index (χ2v) is 6.55. The largest absolute Gasteiger partial charge is 0.493 e. The quantitative estimate of drug-likeness (QED) is 0.346. The molecule has 1 amide bonds. The van der Waals surface area contributed by atoms with E-state index in [9.17, 15) is 4.79 Å². The highest BCUT2D eigenvalue weighted by molar-refractivity contribution is 6.30. The van der Waals surface area contributed by atoms with Gasteiger partial charge in [0.2, 0.25) is 0 Å². The third kappa shape index (κ3) is 5.49. The monoisotopic (exact) mass is 409 g/mol. The average Bonchev–Trinajstić information content (AvgIpc) is 2.73. The van der Waals surface area contributed by atoms with Crippen molar-refractivity contribution in [1.29, 1.82) is 0 Å². The Labute approximate surface area is 173 Å². The second kappa shape index (κ2) is 9.61. The van der Waals surface area contributed by atoms with Gasteiger partial charge in [0.05, 0.1) is 18.9 Å². The number of hydrazone groups is 1. The van der Waals surface area contributed by atoms with Gasteiger partial charge in [0, 0.05) is 10.7 Å². The van der Waals surface area contributed by atoms with Crippen LogP contribution in [-0.2, 0) is 6.61 Å². The summed E-state index contributed by atoms with van der Waals surface area (Å²) in [6.07, 6.45) is 1.51. The number of nitrogens with two attached hydrogens (primary N) is 1. The van der Waals surface area contributed by atoms with Crippen LogP contribution in [0.1, 0.15) is 21.5 Å².